The topological polar surface area (TPSA) is 32.3 Å². The number of carbonyl (C=O) groups is 1. The van der Waals surface area contributed by atoms with Crippen LogP contribution >= 0.6 is 11.8 Å². The molecule has 1 amide bonds. The van der Waals surface area contributed by atoms with Crippen molar-refractivity contribution in [1.82, 2.24) is 10.2 Å². The van der Waals surface area contributed by atoms with Crippen LogP contribution in [-0.2, 0) is 4.79 Å². The number of benzene rings is 1. The van der Waals surface area contributed by atoms with E-state index in [1.807, 2.05) is 12.1 Å². The summed E-state index contributed by atoms with van der Waals surface area (Å²) in [6.45, 7) is 10.1. The quantitative estimate of drug-likeness (QED) is 0.743. The molecule has 0 atom stereocenters. The maximum Gasteiger partial charge on any atom is 0.230 e. The Bertz CT molecular complexity index is 391. The summed E-state index contributed by atoms with van der Waals surface area (Å²) in [4.78, 5) is 15.2. The van der Waals surface area contributed by atoms with E-state index in [0.717, 1.165) is 26.2 Å². The molecule has 1 aromatic rings. The number of nitrogens with one attached hydrogen (secondary N) is 1. The number of hydrogen-bond acceptors (Lipinski definition) is 3. The molecule has 0 aliphatic rings. The number of rotatable bonds is 8. The van der Waals surface area contributed by atoms with Gasteiger partial charge in [0, 0.05) is 18.0 Å². The minimum atomic E-state index is 0.111. The molecule has 0 saturated heterocycles. The minimum Gasteiger partial charge on any atom is -0.354 e. The van der Waals surface area contributed by atoms with E-state index in [2.05, 4.69) is 43.1 Å². The highest BCUT2D eigenvalue weighted by molar-refractivity contribution is 8.00. The summed E-state index contributed by atoms with van der Waals surface area (Å²) < 4.78 is 0. The summed E-state index contributed by atoms with van der Waals surface area (Å²) in [6.07, 6.45) is 0. The Hall–Kier alpha value is -1.00. The first kappa shape index (κ1) is 16.1. The molecule has 106 valence electrons. The van der Waals surface area contributed by atoms with Crippen molar-refractivity contribution in [2.24, 2.45) is 0 Å². The van der Waals surface area contributed by atoms with Crippen LogP contribution in [-0.4, -0.2) is 42.7 Å². The van der Waals surface area contributed by atoms with Gasteiger partial charge < -0.3 is 10.2 Å². The van der Waals surface area contributed by atoms with Gasteiger partial charge in [-0.3, -0.25) is 4.79 Å². The maximum absolute atomic E-state index is 11.7. The number of thioether (sulfide) groups is 1. The lowest BCUT2D eigenvalue weighted by Gasteiger charge is -2.17. The Labute approximate surface area is 120 Å². The lowest BCUT2D eigenvalue weighted by atomic mass is 10.2. The minimum absolute atomic E-state index is 0.111. The van der Waals surface area contributed by atoms with E-state index in [-0.39, 0.29) is 5.91 Å². The van der Waals surface area contributed by atoms with Crippen LogP contribution in [0.2, 0.25) is 0 Å². The second kappa shape index (κ2) is 8.99. The number of carbonyl (C=O) groups excluding carboxylic acids is 1. The third-order valence-electron chi connectivity index (χ3n) is 3.10. The van der Waals surface area contributed by atoms with Crippen molar-refractivity contribution in [3.05, 3.63) is 29.8 Å². The van der Waals surface area contributed by atoms with Gasteiger partial charge in [-0.25, -0.2) is 0 Å². The zero-order chi connectivity index (χ0) is 14.1. The van der Waals surface area contributed by atoms with Gasteiger partial charge in [0.05, 0.1) is 5.75 Å². The molecule has 0 aliphatic carbocycles. The molecule has 1 N–H and O–H groups in total. The van der Waals surface area contributed by atoms with Gasteiger partial charge in [-0.05, 0) is 31.6 Å². The van der Waals surface area contributed by atoms with Gasteiger partial charge in [0.25, 0.3) is 0 Å². The van der Waals surface area contributed by atoms with E-state index in [4.69, 9.17) is 0 Å². The Morgan fingerprint density at radius 3 is 2.58 bits per heavy atom. The van der Waals surface area contributed by atoms with Crippen LogP contribution in [0.1, 0.15) is 19.4 Å². The van der Waals surface area contributed by atoms with Gasteiger partial charge >= 0.3 is 0 Å². The van der Waals surface area contributed by atoms with Gasteiger partial charge in [0.1, 0.15) is 0 Å². The van der Waals surface area contributed by atoms with E-state index in [1.165, 1.54) is 10.5 Å². The van der Waals surface area contributed by atoms with Gasteiger partial charge in [0.15, 0.2) is 0 Å². The summed E-state index contributed by atoms with van der Waals surface area (Å²) in [5.41, 5.74) is 1.23. The SMILES string of the molecule is CCN(CC)CCNC(=O)CSc1ccccc1C. The molecular weight excluding hydrogens is 256 g/mol. The molecule has 0 spiro atoms. The van der Waals surface area contributed by atoms with E-state index in [0.29, 0.717) is 5.75 Å². The molecule has 19 heavy (non-hydrogen) atoms. The molecule has 0 radical (unpaired) electrons. The van der Waals surface area contributed by atoms with Crippen LogP contribution in [0.3, 0.4) is 0 Å². The van der Waals surface area contributed by atoms with Gasteiger partial charge in [-0.1, -0.05) is 32.0 Å². The standard InChI is InChI=1S/C15H24N2OS/c1-4-17(5-2)11-10-16-15(18)12-19-14-9-7-6-8-13(14)3/h6-9H,4-5,10-12H2,1-3H3,(H,16,18). The third kappa shape index (κ3) is 6.12. The fourth-order valence-electron chi connectivity index (χ4n) is 1.81. The van der Waals surface area contributed by atoms with Crippen molar-refractivity contribution in [1.29, 1.82) is 0 Å². The molecule has 0 unspecified atom stereocenters. The molecule has 0 aliphatic heterocycles. The van der Waals surface area contributed by atoms with E-state index >= 15 is 0 Å². The van der Waals surface area contributed by atoms with Crippen molar-refractivity contribution in [3.8, 4) is 0 Å². The highest BCUT2D eigenvalue weighted by Crippen LogP contribution is 2.21. The summed E-state index contributed by atoms with van der Waals surface area (Å²) in [5.74, 6) is 0.601. The van der Waals surface area contributed by atoms with Gasteiger partial charge in [-0.15, -0.1) is 11.8 Å². The van der Waals surface area contributed by atoms with Crippen LogP contribution in [0.15, 0.2) is 29.2 Å². The summed E-state index contributed by atoms with van der Waals surface area (Å²) >= 11 is 1.60. The normalized spacial score (nSPS) is 10.7. The molecular formula is C15H24N2OS. The first-order valence-electron chi connectivity index (χ1n) is 6.84. The average Bonchev–Trinajstić information content (AvgIpc) is 2.43. The highest BCUT2D eigenvalue weighted by Gasteiger charge is 2.05. The molecule has 0 heterocycles. The number of nitrogens with zero attached hydrogens (tertiary/aromatic N) is 1. The predicted octanol–water partition coefficient (Wildman–Crippen LogP) is 2.55. The van der Waals surface area contributed by atoms with Crippen LogP contribution in [0.5, 0.6) is 0 Å². The lowest BCUT2D eigenvalue weighted by molar-refractivity contribution is -0.118. The Kier molecular flexibility index (Phi) is 7.60. The molecule has 3 nitrogen and oxygen atoms in total. The summed E-state index contributed by atoms with van der Waals surface area (Å²) in [6, 6.07) is 8.15. The monoisotopic (exact) mass is 280 g/mol. The van der Waals surface area contributed by atoms with E-state index < -0.39 is 0 Å². The zero-order valence-corrected chi connectivity index (χ0v) is 12.9. The van der Waals surface area contributed by atoms with Crippen molar-refractivity contribution in [3.63, 3.8) is 0 Å². The molecule has 0 aromatic heterocycles. The van der Waals surface area contributed by atoms with Crippen molar-refractivity contribution in [2.75, 3.05) is 31.9 Å². The average molecular weight is 280 g/mol. The van der Waals surface area contributed by atoms with Crippen LogP contribution in [0.25, 0.3) is 0 Å². The van der Waals surface area contributed by atoms with Crippen LogP contribution < -0.4 is 5.32 Å². The van der Waals surface area contributed by atoms with Gasteiger partial charge in [-0.2, -0.15) is 0 Å². The fraction of sp³-hybridized carbons (Fsp3) is 0.533. The molecule has 4 heteroatoms. The van der Waals surface area contributed by atoms with Crippen molar-refractivity contribution in [2.45, 2.75) is 25.7 Å². The second-order valence-corrected chi connectivity index (χ2v) is 5.45. The van der Waals surface area contributed by atoms with Crippen molar-refractivity contribution >= 4 is 17.7 Å². The number of likely N-dealkylation sites (N-methyl/N-ethyl adjacent to an activating group) is 1. The fourth-order valence-corrected chi connectivity index (χ4v) is 2.67. The molecule has 1 aromatic carbocycles. The van der Waals surface area contributed by atoms with Crippen molar-refractivity contribution < 1.29 is 4.79 Å². The largest absolute Gasteiger partial charge is 0.354 e. The number of hydrogen-bond donors (Lipinski definition) is 1. The predicted molar refractivity (Wildman–Crippen MR) is 82.7 cm³/mol. The molecule has 0 fully saturated rings. The third-order valence-corrected chi connectivity index (χ3v) is 4.27. The van der Waals surface area contributed by atoms with Gasteiger partial charge in [0.2, 0.25) is 5.91 Å². The number of amides is 1. The van der Waals surface area contributed by atoms with E-state index in [9.17, 15) is 4.79 Å². The highest BCUT2D eigenvalue weighted by atomic mass is 32.2. The first-order valence-corrected chi connectivity index (χ1v) is 7.83. The zero-order valence-electron chi connectivity index (χ0n) is 12.1. The van der Waals surface area contributed by atoms with Crippen LogP contribution in [0.4, 0.5) is 0 Å². The number of aryl methyl sites for hydroxylation is 1. The molecule has 1 rings (SSSR count). The van der Waals surface area contributed by atoms with Crippen LogP contribution in [0, 0.1) is 6.92 Å². The second-order valence-electron chi connectivity index (χ2n) is 4.43. The Morgan fingerprint density at radius 2 is 1.95 bits per heavy atom. The smallest absolute Gasteiger partial charge is 0.230 e. The first-order chi connectivity index (χ1) is 9.17. The Balaban J connectivity index is 2.23. The summed E-state index contributed by atoms with van der Waals surface area (Å²) in [5, 5.41) is 2.97. The van der Waals surface area contributed by atoms with E-state index in [1.54, 1.807) is 11.8 Å². The molecule has 0 bridgehead atoms. The maximum atomic E-state index is 11.7. The Morgan fingerprint density at radius 1 is 1.26 bits per heavy atom. The summed E-state index contributed by atoms with van der Waals surface area (Å²) in [7, 11) is 0. The lowest BCUT2D eigenvalue weighted by Crippen LogP contribution is -2.35. The molecule has 0 saturated carbocycles.